The minimum atomic E-state index is -0.203. The number of rotatable bonds is 8. The first-order valence-electron chi connectivity index (χ1n) is 7.91. The highest BCUT2D eigenvalue weighted by Gasteiger charge is 2.34. The van der Waals surface area contributed by atoms with Gasteiger partial charge in [-0.2, -0.15) is 0 Å². The maximum Gasteiger partial charge on any atom is 0.251 e. The zero-order valence-electron chi connectivity index (χ0n) is 14.7. The number of methoxy groups -OCH3 is 4. The van der Waals surface area contributed by atoms with Gasteiger partial charge in [-0.25, -0.2) is 0 Å². The first-order chi connectivity index (χ1) is 11.6. The van der Waals surface area contributed by atoms with E-state index in [1.807, 2.05) is 0 Å². The number of nitrogens with one attached hydrogen (secondary N) is 2. The van der Waals surface area contributed by atoms with Crippen LogP contribution in [0.15, 0.2) is 12.1 Å². The number of hydrogen-bond donors (Lipinski definition) is 2. The molecule has 0 bridgehead atoms. The number of carbonyl (C=O) groups is 1. The first kappa shape index (κ1) is 18.4. The van der Waals surface area contributed by atoms with E-state index >= 15 is 0 Å². The van der Waals surface area contributed by atoms with Crippen LogP contribution in [0.2, 0.25) is 0 Å². The Labute approximate surface area is 142 Å². The molecule has 1 unspecified atom stereocenters. The van der Waals surface area contributed by atoms with E-state index in [0.717, 1.165) is 19.4 Å². The average molecular weight is 338 g/mol. The summed E-state index contributed by atoms with van der Waals surface area (Å²) < 4.78 is 21.2. The maximum atomic E-state index is 12.6. The van der Waals surface area contributed by atoms with E-state index in [4.69, 9.17) is 18.9 Å². The molecule has 1 aromatic carbocycles. The van der Waals surface area contributed by atoms with Crippen molar-refractivity contribution in [2.75, 3.05) is 48.1 Å². The molecule has 1 aliphatic heterocycles. The van der Waals surface area contributed by atoms with Crippen molar-refractivity contribution in [3.63, 3.8) is 0 Å². The fraction of sp³-hybridized carbons (Fsp3) is 0.588. The van der Waals surface area contributed by atoms with Crippen molar-refractivity contribution in [2.24, 2.45) is 0 Å². The van der Waals surface area contributed by atoms with E-state index in [1.165, 1.54) is 21.3 Å². The van der Waals surface area contributed by atoms with E-state index in [2.05, 4.69) is 10.6 Å². The molecule has 1 heterocycles. The minimum Gasteiger partial charge on any atom is -0.493 e. The predicted molar refractivity (Wildman–Crippen MR) is 90.3 cm³/mol. The summed E-state index contributed by atoms with van der Waals surface area (Å²) in [6.07, 6.45) is 2.04. The molecular formula is C17H26N2O5. The van der Waals surface area contributed by atoms with Crippen molar-refractivity contribution in [1.29, 1.82) is 0 Å². The zero-order chi connectivity index (χ0) is 17.6. The Hall–Kier alpha value is -1.99. The van der Waals surface area contributed by atoms with E-state index in [0.29, 0.717) is 36.0 Å². The first-order valence-corrected chi connectivity index (χ1v) is 7.91. The quantitative estimate of drug-likeness (QED) is 0.742. The van der Waals surface area contributed by atoms with Crippen LogP contribution in [0.5, 0.6) is 17.2 Å². The van der Waals surface area contributed by atoms with Crippen molar-refractivity contribution >= 4 is 5.91 Å². The molecule has 0 saturated carbocycles. The van der Waals surface area contributed by atoms with Crippen LogP contribution >= 0.6 is 0 Å². The van der Waals surface area contributed by atoms with E-state index in [-0.39, 0.29) is 11.4 Å². The van der Waals surface area contributed by atoms with Crippen LogP contribution in [0.4, 0.5) is 0 Å². The summed E-state index contributed by atoms with van der Waals surface area (Å²) >= 11 is 0. The highest BCUT2D eigenvalue weighted by molar-refractivity contribution is 5.95. The van der Waals surface area contributed by atoms with Crippen LogP contribution in [0.1, 0.15) is 23.2 Å². The highest BCUT2D eigenvalue weighted by atomic mass is 16.5. The topological polar surface area (TPSA) is 78.1 Å². The van der Waals surface area contributed by atoms with Gasteiger partial charge in [0.15, 0.2) is 11.5 Å². The van der Waals surface area contributed by atoms with Crippen LogP contribution in [-0.4, -0.2) is 59.6 Å². The van der Waals surface area contributed by atoms with Crippen LogP contribution in [-0.2, 0) is 4.74 Å². The molecule has 7 nitrogen and oxygen atoms in total. The molecule has 7 heteroatoms. The van der Waals surface area contributed by atoms with Gasteiger partial charge in [-0.1, -0.05) is 0 Å². The van der Waals surface area contributed by atoms with Gasteiger partial charge in [0.05, 0.1) is 33.5 Å². The predicted octanol–water partition coefficient (Wildman–Crippen LogP) is 1.21. The lowest BCUT2D eigenvalue weighted by atomic mass is 9.98. The molecule has 0 spiro atoms. The summed E-state index contributed by atoms with van der Waals surface area (Å²) in [5.41, 5.74) is 0.250. The molecule has 1 fully saturated rings. The highest BCUT2D eigenvalue weighted by Crippen LogP contribution is 2.38. The number of benzene rings is 1. The molecule has 0 aliphatic carbocycles. The standard InChI is InChI=1S/C17H26N2O5/c1-21-11-17(6-5-7-19-17)10-18-16(20)12-8-13(22-2)15(24-4)14(9-12)23-3/h8-9,19H,5-7,10-11H2,1-4H3,(H,18,20). The van der Waals surface area contributed by atoms with Gasteiger partial charge in [-0.3, -0.25) is 4.79 Å². The van der Waals surface area contributed by atoms with Gasteiger partial charge in [0.25, 0.3) is 5.91 Å². The number of amides is 1. The van der Waals surface area contributed by atoms with Crippen LogP contribution in [0.3, 0.4) is 0 Å². The fourth-order valence-corrected chi connectivity index (χ4v) is 3.03. The Balaban J connectivity index is 2.14. The number of ether oxygens (including phenoxy) is 4. The fourth-order valence-electron chi connectivity index (χ4n) is 3.03. The van der Waals surface area contributed by atoms with Crippen LogP contribution in [0, 0.1) is 0 Å². The lowest BCUT2D eigenvalue weighted by Gasteiger charge is -2.29. The zero-order valence-corrected chi connectivity index (χ0v) is 14.7. The Morgan fingerprint density at radius 1 is 1.17 bits per heavy atom. The van der Waals surface area contributed by atoms with Gasteiger partial charge in [-0.15, -0.1) is 0 Å². The van der Waals surface area contributed by atoms with Gasteiger partial charge >= 0.3 is 0 Å². The lowest BCUT2D eigenvalue weighted by molar-refractivity contribution is 0.0891. The summed E-state index contributed by atoms with van der Waals surface area (Å²) in [4.78, 5) is 12.6. The number of carbonyl (C=O) groups excluding carboxylic acids is 1. The number of hydrogen-bond acceptors (Lipinski definition) is 6. The summed E-state index contributed by atoms with van der Waals surface area (Å²) in [7, 11) is 6.24. The van der Waals surface area contributed by atoms with Crippen molar-refractivity contribution in [3.8, 4) is 17.2 Å². The van der Waals surface area contributed by atoms with Crippen molar-refractivity contribution < 1.29 is 23.7 Å². The smallest absolute Gasteiger partial charge is 0.251 e. The van der Waals surface area contributed by atoms with Crippen LogP contribution < -0.4 is 24.8 Å². The Morgan fingerprint density at radius 3 is 2.29 bits per heavy atom. The Morgan fingerprint density at radius 2 is 1.83 bits per heavy atom. The molecule has 2 N–H and O–H groups in total. The summed E-state index contributed by atoms with van der Waals surface area (Å²) in [6, 6.07) is 3.28. The molecule has 1 amide bonds. The average Bonchev–Trinajstić information content (AvgIpc) is 3.07. The molecule has 2 rings (SSSR count). The molecule has 1 saturated heterocycles. The minimum absolute atomic E-state index is 0.196. The monoisotopic (exact) mass is 338 g/mol. The third-order valence-electron chi connectivity index (χ3n) is 4.27. The van der Waals surface area contributed by atoms with E-state index < -0.39 is 0 Å². The van der Waals surface area contributed by atoms with Crippen molar-refractivity contribution in [1.82, 2.24) is 10.6 Å². The largest absolute Gasteiger partial charge is 0.493 e. The van der Waals surface area contributed by atoms with Gasteiger partial charge in [0, 0.05) is 19.2 Å². The second kappa shape index (κ2) is 8.21. The Kier molecular flexibility index (Phi) is 6.28. The molecule has 0 radical (unpaired) electrons. The molecule has 0 aromatic heterocycles. The Bertz CT molecular complexity index is 545. The normalized spacial score (nSPS) is 19.8. The van der Waals surface area contributed by atoms with Crippen molar-refractivity contribution in [2.45, 2.75) is 18.4 Å². The second-order valence-corrected chi connectivity index (χ2v) is 5.84. The summed E-state index contributed by atoms with van der Waals surface area (Å²) in [5, 5.41) is 6.41. The maximum absolute atomic E-state index is 12.6. The molecule has 24 heavy (non-hydrogen) atoms. The SMILES string of the molecule is COCC1(CNC(=O)c2cc(OC)c(OC)c(OC)c2)CCCN1. The second-order valence-electron chi connectivity index (χ2n) is 5.84. The van der Waals surface area contributed by atoms with Gasteiger partial charge < -0.3 is 29.6 Å². The van der Waals surface area contributed by atoms with E-state index in [1.54, 1.807) is 19.2 Å². The third kappa shape index (κ3) is 3.91. The lowest BCUT2D eigenvalue weighted by Crippen LogP contribution is -2.53. The molecule has 1 aliphatic rings. The third-order valence-corrected chi connectivity index (χ3v) is 4.27. The molecule has 1 aromatic rings. The van der Waals surface area contributed by atoms with Crippen molar-refractivity contribution in [3.05, 3.63) is 17.7 Å². The van der Waals surface area contributed by atoms with Gasteiger partial charge in [0.2, 0.25) is 5.75 Å². The molecule has 1 atom stereocenters. The van der Waals surface area contributed by atoms with Crippen LogP contribution in [0.25, 0.3) is 0 Å². The molecular weight excluding hydrogens is 312 g/mol. The van der Waals surface area contributed by atoms with Gasteiger partial charge in [-0.05, 0) is 31.5 Å². The summed E-state index contributed by atoms with van der Waals surface area (Å²) in [5.74, 6) is 1.17. The van der Waals surface area contributed by atoms with E-state index in [9.17, 15) is 4.79 Å². The summed E-state index contributed by atoms with van der Waals surface area (Å²) in [6.45, 7) is 1.99. The molecule has 134 valence electrons. The van der Waals surface area contributed by atoms with Gasteiger partial charge in [0.1, 0.15) is 0 Å².